The Bertz CT molecular complexity index is 451. The zero-order valence-electron chi connectivity index (χ0n) is 15.3. The van der Waals surface area contributed by atoms with Crippen LogP contribution in [0.3, 0.4) is 0 Å². The summed E-state index contributed by atoms with van der Waals surface area (Å²) in [7, 11) is 0. The van der Waals surface area contributed by atoms with Crippen LogP contribution in [0.4, 0.5) is 8.78 Å². The van der Waals surface area contributed by atoms with E-state index >= 15 is 4.39 Å². The summed E-state index contributed by atoms with van der Waals surface area (Å²) < 4.78 is 28.5. The molecule has 0 saturated heterocycles. The van der Waals surface area contributed by atoms with E-state index in [1.165, 1.54) is 57.1 Å². The second-order valence-electron chi connectivity index (χ2n) is 8.60. The van der Waals surface area contributed by atoms with Crippen LogP contribution < -0.4 is 0 Å². The molecule has 0 amide bonds. The standard InChI is InChI=1S/C22H34F2/c1-2-3-5-17-7-9-18(10-8-17)19-11-13-20(14-12-19)22(24)15-4-6-21(23)16-22/h4,6,16-20H,2-3,5,7-15H2,1H3. The van der Waals surface area contributed by atoms with Crippen LogP contribution in [0.15, 0.2) is 24.1 Å². The largest absolute Gasteiger partial charge is 0.239 e. The SMILES string of the molecule is CCCCC1CCC(C2CCC(C3(F)C=C(F)C=CC3)CC2)CC1. The van der Waals surface area contributed by atoms with Crippen molar-refractivity contribution in [3.05, 3.63) is 24.1 Å². The Morgan fingerprint density at radius 1 is 1.00 bits per heavy atom. The van der Waals surface area contributed by atoms with Crippen molar-refractivity contribution in [3.8, 4) is 0 Å². The first-order valence-electron chi connectivity index (χ1n) is 10.3. The lowest BCUT2D eigenvalue weighted by Crippen LogP contribution is -2.36. The van der Waals surface area contributed by atoms with Gasteiger partial charge in [0.2, 0.25) is 0 Å². The average molecular weight is 337 g/mol. The maximum absolute atomic E-state index is 15.1. The molecule has 3 aliphatic rings. The Labute approximate surface area is 146 Å². The molecule has 24 heavy (non-hydrogen) atoms. The molecule has 1 atom stereocenters. The monoisotopic (exact) mass is 336 g/mol. The van der Waals surface area contributed by atoms with Gasteiger partial charge in [-0.25, -0.2) is 8.78 Å². The third-order valence-corrected chi connectivity index (χ3v) is 7.06. The maximum Gasteiger partial charge on any atom is 0.138 e. The number of alkyl halides is 1. The van der Waals surface area contributed by atoms with Gasteiger partial charge in [-0.2, -0.15) is 0 Å². The van der Waals surface area contributed by atoms with E-state index < -0.39 is 11.5 Å². The molecule has 0 spiro atoms. The normalized spacial score (nSPS) is 40.4. The fourth-order valence-electron chi connectivity index (χ4n) is 5.48. The van der Waals surface area contributed by atoms with E-state index in [4.69, 9.17) is 0 Å². The minimum atomic E-state index is -1.43. The smallest absolute Gasteiger partial charge is 0.138 e. The second-order valence-corrected chi connectivity index (χ2v) is 8.60. The predicted molar refractivity (Wildman–Crippen MR) is 97.2 cm³/mol. The Morgan fingerprint density at radius 2 is 1.62 bits per heavy atom. The molecule has 0 nitrogen and oxygen atoms in total. The van der Waals surface area contributed by atoms with Crippen LogP contribution in [0.1, 0.15) is 84.0 Å². The summed E-state index contributed by atoms with van der Waals surface area (Å²) in [5.41, 5.74) is -1.43. The molecule has 0 aromatic carbocycles. The average Bonchev–Trinajstić information content (AvgIpc) is 2.60. The maximum atomic E-state index is 15.1. The van der Waals surface area contributed by atoms with Crippen LogP contribution >= 0.6 is 0 Å². The van der Waals surface area contributed by atoms with Crippen molar-refractivity contribution in [2.75, 3.05) is 0 Å². The number of rotatable bonds is 5. The Morgan fingerprint density at radius 3 is 2.21 bits per heavy atom. The van der Waals surface area contributed by atoms with Gasteiger partial charge in [-0.1, -0.05) is 45.1 Å². The topological polar surface area (TPSA) is 0 Å². The van der Waals surface area contributed by atoms with E-state index in [-0.39, 0.29) is 5.92 Å². The van der Waals surface area contributed by atoms with Gasteiger partial charge in [-0.05, 0) is 74.3 Å². The fraction of sp³-hybridized carbons (Fsp3) is 0.818. The lowest BCUT2D eigenvalue weighted by Gasteiger charge is -2.41. The van der Waals surface area contributed by atoms with Crippen LogP contribution in [0.2, 0.25) is 0 Å². The first-order chi connectivity index (χ1) is 11.6. The molecule has 2 fully saturated rings. The van der Waals surface area contributed by atoms with Crippen molar-refractivity contribution in [3.63, 3.8) is 0 Å². The van der Waals surface area contributed by atoms with Crippen LogP contribution in [0, 0.1) is 23.7 Å². The quantitative estimate of drug-likeness (QED) is 0.493. The Kier molecular flexibility index (Phi) is 6.16. The molecule has 136 valence electrons. The summed E-state index contributed by atoms with van der Waals surface area (Å²) in [6, 6.07) is 0. The minimum absolute atomic E-state index is 0.0188. The van der Waals surface area contributed by atoms with Gasteiger partial charge in [0, 0.05) is 6.42 Å². The number of allylic oxidation sites excluding steroid dienone is 4. The van der Waals surface area contributed by atoms with E-state index in [2.05, 4.69) is 6.92 Å². The molecule has 1 unspecified atom stereocenters. The van der Waals surface area contributed by atoms with Gasteiger partial charge in [-0.3, -0.25) is 0 Å². The number of halogens is 2. The summed E-state index contributed by atoms with van der Waals surface area (Å²) in [5, 5.41) is 0. The van der Waals surface area contributed by atoms with E-state index in [0.29, 0.717) is 6.42 Å². The lowest BCUT2D eigenvalue weighted by molar-refractivity contribution is 0.0658. The van der Waals surface area contributed by atoms with Gasteiger partial charge in [0.25, 0.3) is 0 Å². The highest BCUT2D eigenvalue weighted by molar-refractivity contribution is 5.24. The van der Waals surface area contributed by atoms with Gasteiger partial charge in [0.15, 0.2) is 0 Å². The third-order valence-electron chi connectivity index (χ3n) is 7.06. The van der Waals surface area contributed by atoms with Gasteiger partial charge >= 0.3 is 0 Å². The highest BCUT2D eigenvalue weighted by Gasteiger charge is 2.41. The highest BCUT2D eigenvalue weighted by atomic mass is 19.1. The van der Waals surface area contributed by atoms with Crippen LogP contribution in [-0.2, 0) is 0 Å². The molecule has 0 N–H and O–H groups in total. The van der Waals surface area contributed by atoms with Crippen molar-refractivity contribution < 1.29 is 8.78 Å². The molecule has 0 aromatic rings. The van der Waals surface area contributed by atoms with Gasteiger partial charge in [0.05, 0.1) is 0 Å². The molecule has 0 radical (unpaired) electrons. The number of hydrogen-bond acceptors (Lipinski definition) is 0. The van der Waals surface area contributed by atoms with Crippen molar-refractivity contribution >= 4 is 0 Å². The molecule has 0 heterocycles. The van der Waals surface area contributed by atoms with Gasteiger partial charge < -0.3 is 0 Å². The van der Waals surface area contributed by atoms with Crippen LogP contribution in [-0.4, -0.2) is 5.67 Å². The molecular weight excluding hydrogens is 302 g/mol. The summed E-state index contributed by atoms with van der Waals surface area (Å²) in [6.45, 7) is 2.28. The summed E-state index contributed by atoms with van der Waals surface area (Å²) in [6.07, 6.45) is 18.6. The van der Waals surface area contributed by atoms with Crippen LogP contribution in [0.25, 0.3) is 0 Å². The summed E-state index contributed by atoms with van der Waals surface area (Å²) in [5.74, 6) is 2.26. The minimum Gasteiger partial charge on any atom is -0.239 e. The zero-order chi connectivity index (χ0) is 17.0. The highest BCUT2D eigenvalue weighted by Crippen LogP contribution is 2.47. The molecule has 3 aliphatic carbocycles. The summed E-state index contributed by atoms with van der Waals surface area (Å²) in [4.78, 5) is 0. The first kappa shape index (κ1) is 18.1. The summed E-state index contributed by atoms with van der Waals surface area (Å²) >= 11 is 0. The van der Waals surface area contributed by atoms with Gasteiger partial charge in [-0.15, -0.1) is 0 Å². The van der Waals surface area contributed by atoms with E-state index in [1.54, 1.807) is 6.08 Å². The van der Waals surface area contributed by atoms with E-state index in [0.717, 1.165) is 43.4 Å². The number of hydrogen-bond donors (Lipinski definition) is 0. The fourth-order valence-corrected chi connectivity index (χ4v) is 5.48. The van der Waals surface area contributed by atoms with Crippen molar-refractivity contribution in [1.29, 1.82) is 0 Å². The number of unbranched alkanes of at least 4 members (excludes halogenated alkanes) is 1. The van der Waals surface area contributed by atoms with Crippen molar-refractivity contribution in [1.82, 2.24) is 0 Å². The molecule has 0 aliphatic heterocycles. The Hall–Kier alpha value is -0.660. The zero-order valence-corrected chi connectivity index (χ0v) is 15.3. The van der Waals surface area contributed by atoms with E-state index in [1.807, 2.05) is 0 Å². The molecule has 3 rings (SSSR count). The molecule has 2 saturated carbocycles. The second kappa shape index (κ2) is 8.15. The molecule has 2 heteroatoms. The van der Waals surface area contributed by atoms with Crippen LogP contribution in [0.5, 0.6) is 0 Å². The third kappa shape index (κ3) is 4.29. The van der Waals surface area contributed by atoms with E-state index in [9.17, 15) is 4.39 Å². The molecular formula is C22H34F2. The first-order valence-corrected chi connectivity index (χ1v) is 10.3. The van der Waals surface area contributed by atoms with Gasteiger partial charge in [0.1, 0.15) is 11.5 Å². The lowest BCUT2D eigenvalue weighted by atomic mass is 9.66. The molecule has 0 aromatic heterocycles. The van der Waals surface area contributed by atoms with Crippen molar-refractivity contribution in [2.45, 2.75) is 89.6 Å². The predicted octanol–water partition coefficient (Wildman–Crippen LogP) is 7.31. The Balaban J connectivity index is 1.45. The van der Waals surface area contributed by atoms with Crippen molar-refractivity contribution in [2.24, 2.45) is 23.7 Å². The molecule has 0 bridgehead atoms.